The van der Waals surface area contributed by atoms with E-state index in [0.717, 1.165) is 0 Å². The Morgan fingerprint density at radius 1 is 1.12 bits per heavy atom. The second kappa shape index (κ2) is 9.93. The van der Waals surface area contributed by atoms with E-state index in [-0.39, 0.29) is 23.0 Å². The van der Waals surface area contributed by atoms with Gasteiger partial charge in [0.05, 0.1) is 38.4 Å². The summed E-state index contributed by atoms with van der Waals surface area (Å²) in [6.45, 7) is 5.86. The lowest BCUT2D eigenvalue weighted by Gasteiger charge is -2.08. The van der Waals surface area contributed by atoms with Gasteiger partial charge in [-0.3, -0.25) is 0 Å². The molecule has 0 saturated carbocycles. The van der Waals surface area contributed by atoms with Crippen molar-refractivity contribution in [3.63, 3.8) is 0 Å². The molecule has 16 heavy (non-hydrogen) atoms. The van der Waals surface area contributed by atoms with Crippen molar-refractivity contribution in [3.05, 3.63) is 0 Å². The third-order valence-corrected chi connectivity index (χ3v) is 2.39. The predicted octanol–water partition coefficient (Wildman–Crippen LogP) is 0.849. The van der Waals surface area contributed by atoms with E-state index in [9.17, 15) is 4.79 Å². The van der Waals surface area contributed by atoms with Crippen LogP contribution in [0.2, 0.25) is 0 Å². The Bertz CT molecular complexity index is 183. The van der Waals surface area contributed by atoms with Crippen molar-refractivity contribution in [1.29, 1.82) is 0 Å². The molecule has 0 aromatic carbocycles. The zero-order valence-corrected chi connectivity index (χ0v) is 11.5. The number of carbonyl (C=O) groups excluding carboxylic acids is 1. The second-order valence-electron chi connectivity index (χ2n) is 3.88. The molecule has 0 aliphatic rings. The van der Waals surface area contributed by atoms with Crippen molar-refractivity contribution in [3.8, 4) is 0 Å². The van der Waals surface area contributed by atoms with Gasteiger partial charge in [-0.05, 0) is 24.7 Å². The highest BCUT2D eigenvalue weighted by atomic mass is 32.2. The average molecular weight is 251 g/mol. The van der Waals surface area contributed by atoms with Crippen molar-refractivity contribution in [2.75, 3.05) is 44.7 Å². The highest BCUT2D eigenvalue weighted by Gasteiger charge is 2.12. The van der Waals surface area contributed by atoms with Crippen molar-refractivity contribution >= 4 is 16.9 Å². The molecule has 0 N–H and O–H groups in total. The standard InChI is InChI=1S/C11H23O4S/c1-10(2)14-7-5-13-6-8-15-11(12)9-16(3)4/h10H,5-9H2,1-4H3/q+1. The van der Waals surface area contributed by atoms with Gasteiger partial charge in [0.15, 0.2) is 0 Å². The summed E-state index contributed by atoms with van der Waals surface area (Å²) < 4.78 is 15.5. The molecule has 96 valence electrons. The van der Waals surface area contributed by atoms with Gasteiger partial charge in [0.25, 0.3) is 0 Å². The number of rotatable bonds is 9. The summed E-state index contributed by atoms with van der Waals surface area (Å²) in [5.74, 6) is 0.353. The van der Waals surface area contributed by atoms with Crippen LogP contribution in [0.4, 0.5) is 0 Å². The number of carbonyl (C=O) groups is 1. The molecular formula is C11H23O4S+. The topological polar surface area (TPSA) is 44.8 Å². The molecule has 0 aliphatic heterocycles. The molecule has 0 atom stereocenters. The van der Waals surface area contributed by atoms with Crippen molar-refractivity contribution in [2.45, 2.75) is 20.0 Å². The maximum Gasteiger partial charge on any atom is 0.356 e. The van der Waals surface area contributed by atoms with Crippen LogP contribution < -0.4 is 0 Å². The van der Waals surface area contributed by atoms with Crippen LogP contribution in [0.25, 0.3) is 0 Å². The fraction of sp³-hybridized carbons (Fsp3) is 0.909. The lowest BCUT2D eigenvalue weighted by atomic mass is 10.5. The Labute approximate surface area is 101 Å². The van der Waals surface area contributed by atoms with Crippen LogP contribution in [0.1, 0.15) is 13.8 Å². The fourth-order valence-electron chi connectivity index (χ4n) is 0.937. The van der Waals surface area contributed by atoms with Crippen LogP contribution in [-0.2, 0) is 29.9 Å². The average Bonchev–Trinajstić information content (AvgIpc) is 2.14. The first-order chi connectivity index (χ1) is 7.52. The summed E-state index contributed by atoms with van der Waals surface area (Å²) in [6.07, 6.45) is 4.26. The molecule has 0 rings (SSSR count). The first-order valence-electron chi connectivity index (χ1n) is 5.41. The molecular weight excluding hydrogens is 228 g/mol. The predicted molar refractivity (Wildman–Crippen MR) is 66.9 cm³/mol. The number of esters is 1. The van der Waals surface area contributed by atoms with E-state index in [1.54, 1.807) is 0 Å². The van der Waals surface area contributed by atoms with Gasteiger partial charge >= 0.3 is 5.97 Å². The quantitative estimate of drug-likeness (QED) is 0.346. The lowest BCUT2D eigenvalue weighted by Crippen LogP contribution is -2.19. The minimum Gasteiger partial charge on any atom is -0.460 e. The van der Waals surface area contributed by atoms with Crippen LogP contribution in [0.3, 0.4) is 0 Å². The minimum absolute atomic E-state index is 0.103. The maximum absolute atomic E-state index is 11.1. The molecule has 0 radical (unpaired) electrons. The Hall–Kier alpha value is -0.260. The third-order valence-electron chi connectivity index (χ3n) is 1.58. The number of hydrogen-bond donors (Lipinski definition) is 0. The van der Waals surface area contributed by atoms with Crippen LogP contribution in [0, 0.1) is 0 Å². The zero-order valence-electron chi connectivity index (χ0n) is 10.7. The Balaban J connectivity index is 3.18. The van der Waals surface area contributed by atoms with Crippen LogP contribution in [0.15, 0.2) is 0 Å². The SMILES string of the molecule is CC(C)OCCOCCOC(=O)C[S+](C)C. The molecule has 0 aromatic heterocycles. The van der Waals surface area contributed by atoms with Gasteiger partial charge in [-0.1, -0.05) is 0 Å². The molecule has 0 fully saturated rings. The first-order valence-corrected chi connectivity index (χ1v) is 7.62. The molecule has 0 bridgehead atoms. The fourth-order valence-corrected chi connectivity index (χ4v) is 1.49. The van der Waals surface area contributed by atoms with Crippen molar-refractivity contribution < 1.29 is 19.0 Å². The third kappa shape index (κ3) is 11.8. The monoisotopic (exact) mass is 251 g/mol. The molecule has 0 unspecified atom stereocenters. The molecule has 0 saturated heterocycles. The van der Waals surface area contributed by atoms with Gasteiger partial charge in [0.2, 0.25) is 5.75 Å². The smallest absolute Gasteiger partial charge is 0.356 e. The van der Waals surface area contributed by atoms with Crippen LogP contribution >= 0.6 is 0 Å². The summed E-state index contributed by atoms with van der Waals surface area (Å²) in [7, 11) is 0.103. The number of ether oxygens (including phenoxy) is 3. The van der Waals surface area contributed by atoms with Gasteiger partial charge in [-0.25, -0.2) is 4.79 Å². The largest absolute Gasteiger partial charge is 0.460 e. The Morgan fingerprint density at radius 3 is 2.31 bits per heavy atom. The van der Waals surface area contributed by atoms with Gasteiger partial charge < -0.3 is 14.2 Å². The van der Waals surface area contributed by atoms with E-state index >= 15 is 0 Å². The molecule has 4 nitrogen and oxygen atoms in total. The summed E-state index contributed by atoms with van der Waals surface area (Å²) >= 11 is 0. The summed E-state index contributed by atoms with van der Waals surface area (Å²) in [5.41, 5.74) is 0. The van der Waals surface area contributed by atoms with Gasteiger partial charge in [0.1, 0.15) is 6.61 Å². The molecule has 0 aromatic rings. The Morgan fingerprint density at radius 2 is 1.75 bits per heavy atom. The highest BCUT2D eigenvalue weighted by Crippen LogP contribution is 1.89. The van der Waals surface area contributed by atoms with Gasteiger partial charge in [0, 0.05) is 0 Å². The summed E-state index contributed by atoms with van der Waals surface area (Å²) in [6, 6.07) is 0. The van der Waals surface area contributed by atoms with E-state index in [1.807, 2.05) is 26.4 Å². The van der Waals surface area contributed by atoms with Gasteiger partial charge in [-0.2, -0.15) is 0 Å². The first kappa shape index (κ1) is 15.7. The minimum atomic E-state index is -0.143. The summed E-state index contributed by atoms with van der Waals surface area (Å²) in [5, 5.41) is 0. The van der Waals surface area contributed by atoms with Gasteiger partial charge in [-0.15, -0.1) is 0 Å². The number of hydrogen-bond acceptors (Lipinski definition) is 4. The second-order valence-corrected chi connectivity index (χ2v) is 6.14. The Kier molecular flexibility index (Phi) is 9.77. The summed E-state index contributed by atoms with van der Waals surface area (Å²) in [4.78, 5) is 11.1. The molecule has 0 spiro atoms. The van der Waals surface area contributed by atoms with Crippen molar-refractivity contribution in [1.82, 2.24) is 0 Å². The molecule has 0 amide bonds. The maximum atomic E-state index is 11.1. The molecule has 0 aliphatic carbocycles. The molecule has 0 heterocycles. The highest BCUT2D eigenvalue weighted by molar-refractivity contribution is 7.96. The van der Waals surface area contributed by atoms with E-state index in [0.29, 0.717) is 32.2 Å². The molecule has 5 heteroatoms. The van der Waals surface area contributed by atoms with E-state index in [1.165, 1.54) is 0 Å². The van der Waals surface area contributed by atoms with E-state index in [2.05, 4.69) is 0 Å². The lowest BCUT2D eigenvalue weighted by molar-refractivity contribution is -0.142. The van der Waals surface area contributed by atoms with E-state index in [4.69, 9.17) is 14.2 Å². The zero-order chi connectivity index (χ0) is 12.4. The van der Waals surface area contributed by atoms with E-state index < -0.39 is 0 Å². The van der Waals surface area contributed by atoms with Crippen LogP contribution in [0.5, 0.6) is 0 Å². The van der Waals surface area contributed by atoms with Crippen LogP contribution in [-0.4, -0.2) is 56.8 Å². The normalized spacial score (nSPS) is 11.1. The van der Waals surface area contributed by atoms with Crippen molar-refractivity contribution in [2.24, 2.45) is 0 Å².